The molecule has 29 heavy (non-hydrogen) atoms. The third kappa shape index (κ3) is 5.58. The van der Waals surface area contributed by atoms with Gasteiger partial charge >= 0.3 is 0 Å². The van der Waals surface area contributed by atoms with Crippen LogP contribution in [0.1, 0.15) is 13.8 Å². The van der Waals surface area contributed by atoms with Crippen molar-refractivity contribution in [2.75, 3.05) is 13.2 Å². The van der Waals surface area contributed by atoms with Gasteiger partial charge in [0, 0.05) is 13.8 Å². The van der Waals surface area contributed by atoms with E-state index in [9.17, 15) is 39.5 Å². The van der Waals surface area contributed by atoms with E-state index in [0.717, 1.165) is 13.8 Å². The minimum Gasteiger partial charge on any atom is -0.394 e. The molecule has 2 rings (SSSR count). The number of hydrogen-bond acceptors (Lipinski definition) is 10. The van der Waals surface area contributed by atoms with Crippen molar-refractivity contribution in [1.29, 1.82) is 0 Å². The van der Waals surface area contributed by atoms with Crippen molar-refractivity contribution >= 4 is 11.8 Å². The van der Waals surface area contributed by atoms with Gasteiger partial charge in [0.1, 0.15) is 42.6 Å². The van der Waals surface area contributed by atoms with Crippen molar-refractivity contribution < 1.29 is 53.7 Å². The Morgan fingerprint density at radius 1 is 0.931 bits per heavy atom. The fourth-order valence-electron chi connectivity index (χ4n) is 3.25. The van der Waals surface area contributed by atoms with Crippen molar-refractivity contribution in [3.8, 4) is 0 Å². The third-order valence-corrected chi connectivity index (χ3v) is 4.72. The molecule has 0 bridgehead atoms. The lowest BCUT2D eigenvalue weighted by Gasteiger charge is -2.43. The van der Waals surface area contributed by atoms with Crippen LogP contribution in [0, 0.1) is 0 Å². The SMILES string of the molecule is CC(=O)N[C@H]1C(O)O[C@H](COC2O[C@H](CO)[C@@H](F)[C@H](O)[C@H]2NC(C)=O)[C@H](O)[C@@H]1O. The van der Waals surface area contributed by atoms with Crippen LogP contribution in [0.5, 0.6) is 0 Å². The van der Waals surface area contributed by atoms with Crippen molar-refractivity contribution in [1.82, 2.24) is 10.6 Å². The van der Waals surface area contributed by atoms with Crippen LogP contribution in [-0.4, -0.2) is 112 Å². The van der Waals surface area contributed by atoms with Gasteiger partial charge in [0.05, 0.1) is 13.2 Å². The molecule has 168 valence electrons. The predicted molar refractivity (Wildman–Crippen MR) is 90.7 cm³/mol. The lowest BCUT2D eigenvalue weighted by Crippen LogP contribution is -2.65. The molecule has 2 aliphatic heterocycles. The van der Waals surface area contributed by atoms with Crippen LogP contribution >= 0.6 is 0 Å². The smallest absolute Gasteiger partial charge is 0.217 e. The number of carbonyl (C=O) groups is 2. The van der Waals surface area contributed by atoms with Crippen LogP contribution in [0.3, 0.4) is 0 Å². The fourth-order valence-corrected chi connectivity index (χ4v) is 3.25. The van der Waals surface area contributed by atoms with E-state index >= 15 is 0 Å². The molecule has 0 aromatic heterocycles. The van der Waals surface area contributed by atoms with Crippen LogP contribution in [0.15, 0.2) is 0 Å². The summed E-state index contributed by atoms with van der Waals surface area (Å²) in [5, 5.41) is 54.1. The van der Waals surface area contributed by atoms with E-state index in [2.05, 4.69) is 10.6 Å². The summed E-state index contributed by atoms with van der Waals surface area (Å²) in [6, 6.07) is -2.60. The van der Waals surface area contributed by atoms with Crippen molar-refractivity contribution in [3.63, 3.8) is 0 Å². The summed E-state index contributed by atoms with van der Waals surface area (Å²) in [6.07, 6.45) is -12.7. The quantitative estimate of drug-likeness (QED) is 0.220. The van der Waals surface area contributed by atoms with Crippen LogP contribution < -0.4 is 10.6 Å². The molecule has 13 heteroatoms. The molecular formula is C16H27FN2O10. The molecule has 0 saturated carbocycles. The Balaban J connectivity index is 2.05. The van der Waals surface area contributed by atoms with Crippen LogP contribution in [-0.2, 0) is 23.8 Å². The van der Waals surface area contributed by atoms with Crippen LogP contribution in [0.4, 0.5) is 4.39 Å². The monoisotopic (exact) mass is 426 g/mol. The molecule has 0 aromatic carbocycles. The largest absolute Gasteiger partial charge is 0.394 e. The summed E-state index contributed by atoms with van der Waals surface area (Å²) in [5.41, 5.74) is 0. The summed E-state index contributed by atoms with van der Waals surface area (Å²) in [4.78, 5) is 22.5. The van der Waals surface area contributed by atoms with E-state index in [4.69, 9.17) is 14.2 Å². The van der Waals surface area contributed by atoms with Gasteiger partial charge in [-0.05, 0) is 0 Å². The van der Waals surface area contributed by atoms with E-state index in [1.165, 1.54) is 0 Å². The molecule has 7 N–H and O–H groups in total. The second kappa shape index (κ2) is 10.0. The molecular weight excluding hydrogens is 399 g/mol. The molecule has 0 aliphatic carbocycles. The number of nitrogens with one attached hydrogen (secondary N) is 2. The molecule has 2 aliphatic rings. The maximum atomic E-state index is 14.1. The van der Waals surface area contributed by atoms with Gasteiger partial charge in [0.2, 0.25) is 11.8 Å². The average molecular weight is 426 g/mol. The molecule has 12 nitrogen and oxygen atoms in total. The molecule has 2 unspecified atom stereocenters. The molecule has 2 saturated heterocycles. The van der Waals surface area contributed by atoms with Gasteiger partial charge < -0.3 is 50.4 Å². The number of aliphatic hydroxyl groups excluding tert-OH is 5. The van der Waals surface area contributed by atoms with Gasteiger partial charge in [0.15, 0.2) is 18.8 Å². The number of amides is 2. The Morgan fingerprint density at radius 3 is 2.07 bits per heavy atom. The predicted octanol–water partition coefficient (Wildman–Crippen LogP) is -4.13. The Bertz CT molecular complexity index is 584. The maximum Gasteiger partial charge on any atom is 0.217 e. The lowest BCUT2D eigenvalue weighted by molar-refractivity contribution is -0.292. The van der Waals surface area contributed by atoms with Gasteiger partial charge in [-0.3, -0.25) is 9.59 Å². The first-order valence-electron chi connectivity index (χ1n) is 9.00. The van der Waals surface area contributed by atoms with E-state index in [0.29, 0.717) is 0 Å². The van der Waals surface area contributed by atoms with Crippen molar-refractivity contribution in [2.45, 2.75) is 75.2 Å². The Hall–Kier alpha value is -1.45. The Kier molecular flexibility index (Phi) is 8.25. The summed E-state index contributed by atoms with van der Waals surface area (Å²) < 4.78 is 29.9. The average Bonchev–Trinajstić information content (AvgIpc) is 2.65. The highest BCUT2D eigenvalue weighted by Crippen LogP contribution is 2.26. The third-order valence-electron chi connectivity index (χ3n) is 4.72. The zero-order valence-electron chi connectivity index (χ0n) is 15.8. The van der Waals surface area contributed by atoms with Gasteiger partial charge in [-0.1, -0.05) is 0 Å². The number of rotatable bonds is 6. The van der Waals surface area contributed by atoms with E-state index in [1.807, 2.05) is 0 Å². The summed E-state index contributed by atoms with van der Waals surface area (Å²) in [6.45, 7) is 1.04. The number of hydrogen-bond donors (Lipinski definition) is 7. The highest BCUT2D eigenvalue weighted by Gasteiger charge is 2.48. The van der Waals surface area contributed by atoms with Gasteiger partial charge in [0.25, 0.3) is 0 Å². The number of carbonyl (C=O) groups excluding carboxylic acids is 2. The molecule has 2 heterocycles. The second-order valence-electron chi connectivity index (χ2n) is 6.99. The molecule has 0 spiro atoms. The van der Waals surface area contributed by atoms with Gasteiger partial charge in [-0.15, -0.1) is 0 Å². The van der Waals surface area contributed by atoms with E-state index in [-0.39, 0.29) is 0 Å². The van der Waals surface area contributed by atoms with E-state index < -0.39 is 86.4 Å². The molecule has 2 fully saturated rings. The molecule has 10 atom stereocenters. The summed E-state index contributed by atoms with van der Waals surface area (Å²) in [7, 11) is 0. The highest BCUT2D eigenvalue weighted by molar-refractivity contribution is 5.73. The van der Waals surface area contributed by atoms with Gasteiger partial charge in [-0.2, -0.15) is 0 Å². The van der Waals surface area contributed by atoms with Crippen LogP contribution in [0.25, 0.3) is 0 Å². The zero-order valence-corrected chi connectivity index (χ0v) is 15.8. The molecule has 0 aromatic rings. The number of alkyl halides is 1. The Morgan fingerprint density at radius 2 is 1.52 bits per heavy atom. The minimum absolute atomic E-state index is 0.495. The van der Waals surface area contributed by atoms with Crippen LogP contribution in [0.2, 0.25) is 0 Å². The fraction of sp³-hybridized carbons (Fsp3) is 0.875. The standard InChI is InChI=1S/C16H27FN2O10/c1-5(21)18-10-14(25)12(23)8(28-15(10)26)4-27-16-11(19-6(2)22)13(24)9(17)7(3-20)29-16/h7-16,20,23-26H,3-4H2,1-2H3,(H,18,21)(H,19,22)/t7-,8-,9-,10-,11-,12+,13+,14-,15?,16?/m1/s1. The second-order valence-corrected chi connectivity index (χ2v) is 6.99. The lowest BCUT2D eigenvalue weighted by atomic mass is 9.96. The number of ether oxygens (including phenoxy) is 3. The zero-order chi connectivity index (χ0) is 21.9. The minimum atomic E-state index is -1.99. The first-order valence-corrected chi connectivity index (χ1v) is 9.00. The normalized spacial score (nSPS) is 42.9. The number of aliphatic hydroxyl groups is 5. The first kappa shape index (κ1) is 23.8. The Labute approximate surface area is 165 Å². The molecule has 0 radical (unpaired) electrons. The van der Waals surface area contributed by atoms with E-state index in [1.54, 1.807) is 0 Å². The topological polar surface area (TPSA) is 187 Å². The summed E-state index contributed by atoms with van der Waals surface area (Å²) in [5.74, 6) is -1.16. The summed E-state index contributed by atoms with van der Waals surface area (Å²) >= 11 is 0. The first-order chi connectivity index (χ1) is 13.6. The van der Waals surface area contributed by atoms with Crippen molar-refractivity contribution in [3.05, 3.63) is 0 Å². The van der Waals surface area contributed by atoms with Gasteiger partial charge in [-0.25, -0.2) is 4.39 Å². The maximum absolute atomic E-state index is 14.1. The van der Waals surface area contributed by atoms with Crippen molar-refractivity contribution in [2.24, 2.45) is 0 Å². The molecule has 2 amide bonds. The number of halogens is 1. The highest BCUT2D eigenvalue weighted by atomic mass is 19.1.